The minimum absolute atomic E-state index is 0.316. The van der Waals surface area contributed by atoms with Gasteiger partial charge in [0.25, 0.3) is 0 Å². The van der Waals surface area contributed by atoms with Crippen molar-refractivity contribution in [1.29, 1.82) is 0 Å². The first-order valence-electron chi connectivity index (χ1n) is 7.94. The van der Waals surface area contributed by atoms with Gasteiger partial charge in [-0.1, -0.05) is 41.7 Å². The molecule has 1 aromatic carbocycles. The quantitative estimate of drug-likeness (QED) is 0.664. The predicted octanol–water partition coefficient (Wildman–Crippen LogP) is 3.57. The van der Waals surface area contributed by atoms with Gasteiger partial charge in [0.15, 0.2) is 0 Å². The fraction of sp³-hybridized carbons (Fsp3) is 0.333. The number of benzene rings is 1. The van der Waals surface area contributed by atoms with Gasteiger partial charge in [0, 0.05) is 14.1 Å². The van der Waals surface area contributed by atoms with Gasteiger partial charge in [-0.05, 0) is 23.5 Å². The molecule has 0 spiro atoms. The van der Waals surface area contributed by atoms with Crippen LogP contribution in [0.25, 0.3) is 0 Å². The van der Waals surface area contributed by atoms with Gasteiger partial charge in [-0.15, -0.1) is 0 Å². The molecule has 10 heavy (non-hydrogen) atoms. The molecule has 0 aromatic heterocycles. The van der Waals surface area contributed by atoms with Crippen molar-refractivity contribution in [2.75, 3.05) is 0 Å². The molecule has 1 heteroatoms. The summed E-state index contributed by atoms with van der Waals surface area (Å²) in [6, 6.07) is -2.93. The third-order valence-corrected chi connectivity index (χ3v) is 1.24. The molecule has 0 atom stereocenters. The Morgan fingerprint density at radius 3 is 3.20 bits per heavy atom. The van der Waals surface area contributed by atoms with E-state index in [1.54, 1.807) is 0 Å². The first kappa shape index (κ1) is 1.71. The molecule has 1 aromatic rings. The lowest BCUT2D eigenvalue weighted by Gasteiger charge is -2.03. The standard InChI is InChI=1S/C9H11Br/c1-7(2)8-4-3-5-9(10)6-8/h3-7H,1-2H3/i1D3,2D3,3D,4D,5D,6D,7D. The Morgan fingerprint density at radius 1 is 1.70 bits per heavy atom. The van der Waals surface area contributed by atoms with E-state index in [1.807, 2.05) is 0 Å². The summed E-state index contributed by atoms with van der Waals surface area (Å²) in [4.78, 5) is 0. The smallest absolute Gasteiger partial charge is 0.0609 e. The zero-order chi connectivity index (χ0) is 17.0. The Balaban J connectivity index is 3.96. The van der Waals surface area contributed by atoms with Crippen LogP contribution in [0.5, 0.6) is 0 Å². The van der Waals surface area contributed by atoms with Crippen LogP contribution in [0.4, 0.5) is 0 Å². The summed E-state index contributed by atoms with van der Waals surface area (Å²) in [5.74, 6) is -3.24. The van der Waals surface area contributed by atoms with Gasteiger partial charge in [0.2, 0.25) is 0 Å². The number of halogens is 1. The molecule has 0 N–H and O–H groups in total. The van der Waals surface area contributed by atoms with Crippen molar-refractivity contribution in [3.63, 3.8) is 0 Å². The van der Waals surface area contributed by atoms with Crippen molar-refractivity contribution in [3.8, 4) is 0 Å². The van der Waals surface area contributed by atoms with Crippen LogP contribution >= 0.6 is 15.9 Å². The summed E-state index contributed by atoms with van der Waals surface area (Å²) in [6.45, 7) is -6.70. The van der Waals surface area contributed by atoms with E-state index < -0.39 is 49.3 Å². The van der Waals surface area contributed by atoms with E-state index in [0.29, 0.717) is 0 Å². The molecule has 0 amide bonds. The predicted molar refractivity (Wildman–Crippen MR) is 48.2 cm³/mol. The minimum atomic E-state index is -3.35. The molecule has 0 nitrogen and oxygen atoms in total. The molecule has 0 aliphatic rings. The third-order valence-electron chi connectivity index (χ3n) is 0.844. The average molecular weight is 210 g/mol. The Morgan fingerprint density at radius 2 is 2.50 bits per heavy atom. The largest absolute Gasteiger partial charge is 0.0638 e. The van der Waals surface area contributed by atoms with Crippen LogP contribution in [-0.4, -0.2) is 0 Å². The van der Waals surface area contributed by atoms with Gasteiger partial charge in [0.1, 0.15) is 0 Å². The van der Waals surface area contributed by atoms with Crippen molar-refractivity contribution in [3.05, 3.63) is 34.2 Å². The minimum Gasteiger partial charge on any atom is -0.0609 e. The molecule has 0 heterocycles. The topological polar surface area (TPSA) is 0 Å². The van der Waals surface area contributed by atoms with Gasteiger partial charge in [-0.3, -0.25) is 0 Å². The summed E-state index contributed by atoms with van der Waals surface area (Å²) in [5.41, 5.74) is -0.907. The van der Waals surface area contributed by atoms with E-state index in [2.05, 4.69) is 15.9 Å². The summed E-state index contributed by atoms with van der Waals surface area (Å²) in [6.07, 6.45) is 0. The van der Waals surface area contributed by atoms with E-state index in [9.17, 15) is 0 Å². The van der Waals surface area contributed by atoms with Crippen LogP contribution in [0, 0.1) is 0 Å². The number of rotatable bonds is 1. The van der Waals surface area contributed by atoms with Crippen LogP contribution < -0.4 is 0 Å². The highest BCUT2D eigenvalue weighted by Crippen LogP contribution is 2.18. The lowest BCUT2D eigenvalue weighted by molar-refractivity contribution is 0.866. The molecular weight excluding hydrogens is 188 g/mol. The van der Waals surface area contributed by atoms with Gasteiger partial charge < -0.3 is 0 Å². The molecule has 0 aliphatic heterocycles. The van der Waals surface area contributed by atoms with Crippen molar-refractivity contribution >= 4 is 15.9 Å². The Bertz CT molecular complexity index is 528. The average Bonchev–Trinajstić information content (AvgIpc) is 2.31. The van der Waals surface area contributed by atoms with Gasteiger partial charge in [-0.2, -0.15) is 0 Å². The lowest BCUT2D eigenvalue weighted by atomic mass is 10.0. The maximum absolute atomic E-state index is 7.98. The Hall–Kier alpha value is -0.300. The highest BCUT2D eigenvalue weighted by Gasteiger charge is 1.96. The molecule has 0 bridgehead atoms. The van der Waals surface area contributed by atoms with E-state index >= 15 is 0 Å². The zero-order valence-corrected chi connectivity index (χ0v) is 6.46. The zero-order valence-electron chi connectivity index (χ0n) is 15.9. The van der Waals surface area contributed by atoms with E-state index in [-0.39, 0.29) is 4.47 Å². The van der Waals surface area contributed by atoms with E-state index in [4.69, 9.17) is 15.1 Å². The van der Waals surface area contributed by atoms with E-state index in [0.717, 1.165) is 0 Å². The fourth-order valence-corrected chi connectivity index (χ4v) is 0.743. The normalized spacial score (nSPS) is 29.9. The van der Waals surface area contributed by atoms with Gasteiger partial charge >= 0.3 is 0 Å². The Kier molecular flexibility index (Phi) is 0.548. The highest BCUT2D eigenvalue weighted by molar-refractivity contribution is 9.10. The number of hydrogen-bond acceptors (Lipinski definition) is 0. The van der Waals surface area contributed by atoms with Crippen molar-refractivity contribution in [2.24, 2.45) is 0 Å². The van der Waals surface area contributed by atoms with Gasteiger partial charge in [0.05, 0.1) is 5.48 Å². The van der Waals surface area contributed by atoms with Crippen molar-refractivity contribution in [1.82, 2.24) is 0 Å². The molecule has 0 unspecified atom stereocenters. The van der Waals surface area contributed by atoms with Crippen LogP contribution in [-0.2, 0) is 0 Å². The van der Waals surface area contributed by atoms with Crippen LogP contribution in [0.1, 0.15) is 40.2 Å². The highest BCUT2D eigenvalue weighted by atomic mass is 79.9. The van der Waals surface area contributed by atoms with Crippen LogP contribution in [0.2, 0.25) is 0 Å². The van der Waals surface area contributed by atoms with Crippen LogP contribution in [0.3, 0.4) is 0 Å². The van der Waals surface area contributed by atoms with Crippen molar-refractivity contribution in [2.45, 2.75) is 19.6 Å². The lowest BCUT2D eigenvalue weighted by Crippen LogP contribution is -1.84. The molecule has 0 fully saturated rings. The third kappa shape index (κ3) is 1.84. The monoisotopic (exact) mass is 209 g/mol. The second-order valence-electron chi connectivity index (χ2n) is 1.56. The fourth-order valence-electron chi connectivity index (χ4n) is 0.446. The molecule has 0 saturated carbocycles. The maximum Gasteiger partial charge on any atom is 0.0638 e. The summed E-state index contributed by atoms with van der Waals surface area (Å²) >= 11 is 2.81. The first-order valence-corrected chi connectivity index (χ1v) is 3.23. The molecule has 1 rings (SSSR count). The van der Waals surface area contributed by atoms with E-state index in [1.165, 1.54) is 0 Å². The molecule has 0 radical (unpaired) electrons. The molecule has 0 saturated heterocycles. The SMILES string of the molecule is [2H]c1c([2H])c(Br)c([2H])c(C([2H])(C([2H])([2H])[2H])C([2H])([2H])[2H])c1[2H]. The maximum atomic E-state index is 7.98. The molecule has 0 aliphatic carbocycles. The summed E-state index contributed by atoms with van der Waals surface area (Å²) in [5, 5.41) is 0. The van der Waals surface area contributed by atoms with Crippen LogP contribution in [0.15, 0.2) is 28.6 Å². The summed E-state index contributed by atoms with van der Waals surface area (Å²) in [7, 11) is 0. The van der Waals surface area contributed by atoms with Gasteiger partial charge in [-0.25, -0.2) is 0 Å². The second-order valence-corrected chi connectivity index (χ2v) is 2.36. The van der Waals surface area contributed by atoms with Crippen molar-refractivity contribution < 1.29 is 15.1 Å². The summed E-state index contributed by atoms with van der Waals surface area (Å²) < 4.78 is 82.5. The number of hydrogen-bond donors (Lipinski definition) is 0. The molecule has 54 valence electrons. The first-order chi connectivity index (χ1) is 9.18. The Labute approximate surface area is 85.8 Å². The second kappa shape index (κ2) is 3.20. The molecular formula is C9H11Br.